The first kappa shape index (κ1) is 17.0. The molecule has 1 aliphatic carbocycles. The quantitative estimate of drug-likeness (QED) is 0.871. The zero-order valence-corrected chi connectivity index (χ0v) is 14.0. The molecule has 6 heteroatoms. The molecule has 0 saturated heterocycles. The molecule has 122 valence electrons. The van der Waals surface area contributed by atoms with Crippen molar-refractivity contribution in [3.05, 3.63) is 29.8 Å². The van der Waals surface area contributed by atoms with Crippen molar-refractivity contribution in [3.63, 3.8) is 0 Å². The maximum Gasteiger partial charge on any atom is 0.240 e. The summed E-state index contributed by atoms with van der Waals surface area (Å²) in [5.74, 6) is 0.0154. The van der Waals surface area contributed by atoms with Gasteiger partial charge in [0.2, 0.25) is 15.9 Å². The number of carbonyl (C=O) groups is 1. The van der Waals surface area contributed by atoms with Gasteiger partial charge in [-0.15, -0.1) is 0 Å². The van der Waals surface area contributed by atoms with Crippen LogP contribution in [0.15, 0.2) is 29.2 Å². The molecule has 0 spiro atoms. The van der Waals surface area contributed by atoms with Gasteiger partial charge in [0.05, 0.1) is 4.90 Å². The minimum Gasteiger partial charge on any atom is -0.339 e. The summed E-state index contributed by atoms with van der Waals surface area (Å²) in [7, 11) is -3.52. The van der Waals surface area contributed by atoms with Gasteiger partial charge < -0.3 is 4.90 Å². The van der Waals surface area contributed by atoms with Crippen LogP contribution in [0.25, 0.3) is 0 Å². The summed E-state index contributed by atoms with van der Waals surface area (Å²) in [5.41, 5.74) is 0.902. The van der Waals surface area contributed by atoms with Crippen molar-refractivity contribution in [2.45, 2.75) is 50.5 Å². The van der Waals surface area contributed by atoms with Gasteiger partial charge in [-0.1, -0.05) is 25.0 Å². The first-order valence-electron chi connectivity index (χ1n) is 7.74. The van der Waals surface area contributed by atoms with Gasteiger partial charge in [0.15, 0.2) is 0 Å². The van der Waals surface area contributed by atoms with E-state index in [-0.39, 0.29) is 23.4 Å². The van der Waals surface area contributed by atoms with E-state index in [1.165, 1.54) is 0 Å². The lowest BCUT2D eigenvalue weighted by molar-refractivity contribution is -0.130. The second-order valence-corrected chi connectivity index (χ2v) is 7.63. The first-order valence-corrected chi connectivity index (χ1v) is 9.22. The standard InChI is InChI=1S/C16H24N2O3S/c1-13-6-5-9-16(12-13)22(20,21)17-10-11-18(14(2)19)15-7-3-4-8-15/h5-6,9,12,15,17H,3-4,7-8,10-11H2,1-2H3. The molecule has 1 N–H and O–H groups in total. The van der Waals surface area contributed by atoms with Crippen molar-refractivity contribution < 1.29 is 13.2 Å². The largest absolute Gasteiger partial charge is 0.339 e. The summed E-state index contributed by atoms with van der Waals surface area (Å²) in [4.78, 5) is 13.8. The Balaban J connectivity index is 1.95. The fraction of sp³-hybridized carbons (Fsp3) is 0.562. The highest BCUT2D eigenvalue weighted by molar-refractivity contribution is 7.89. The van der Waals surface area contributed by atoms with Gasteiger partial charge in [-0.3, -0.25) is 4.79 Å². The molecule has 0 unspecified atom stereocenters. The molecule has 1 amide bonds. The van der Waals surface area contributed by atoms with Crippen LogP contribution in [0.3, 0.4) is 0 Å². The van der Waals surface area contributed by atoms with E-state index >= 15 is 0 Å². The molecular formula is C16H24N2O3S. The monoisotopic (exact) mass is 324 g/mol. The highest BCUT2D eigenvalue weighted by Gasteiger charge is 2.24. The first-order chi connectivity index (χ1) is 10.4. The molecule has 1 saturated carbocycles. The van der Waals surface area contributed by atoms with E-state index in [1.54, 1.807) is 30.0 Å². The Morgan fingerprint density at radius 2 is 2.00 bits per heavy atom. The Bertz CT molecular complexity index is 622. The summed E-state index contributed by atoms with van der Waals surface area (Å²) in [5, 5.41) is 0. The molecule has 0 bridgehead atoms. The zero-order chi connectivity index (χ0) is 16.2. The van der Waals surface area contributed by atoms with Gasteiger partial charge >= 0.3 is 0 Å². The van der Waals surface area contributed by atoms with E-state index in [4.69, 9.17) is 0 Å². The molecule has 0 aliphatic heterocycles. The van der Waals surface area contributed by atoms with E-state index in [1.807, 2.05) is 13.0 Å². The van der Waals surface area contributed by atoms with Crippen LogP contribution in [0.1, 0.15) is 38.2 Å². The number of rotatable bonds is 6. The molecule has 0 radical (unpaired) electrons. The van der Waals surface area contributed by atoms with Crippen molar-refractivity contribution in [1.29, 1.82) is 0 Å². The van der Waals surface area contributed by atoms with Gasteiger partial charge in [0.25, 0.3) is 0 Å². The normalized spacial score (nSPS) is 15.9. The average molecular weight is 324 g/mol. The number of hydrogen-bond acceptors (Lipinski definition) is 3. The molecule has 0 aromatic heterocycles. The summed E-state index contributed by atoms with van der Waals surface area (Å²) in [6.45, 7) is 4.07. The van der Waals surface area contributed by atoms with Crippen LogP contribution in [0.5, 0.6) is 0 Å². The SMILES string of the molecule is CC(=O)N(CCNS(=O)(=O)c1cccc(C)c1)C1CCCC1. The lowest BCUT2D eigenvalue weighted by atomic mass is 10.2. The van der Waals surface area contributed by atoms with Crippen LogP contribution in [0.4, 0.5) is 0 Å². The van der Waals surface area contributed by atoms with Crippen LogP contribution < -0.4 is 4.72 Å². The molecule has 1 aliphatic rings. The second-order valence-electron chi connectivity index (χ2n) is 5.86. The number of hydrogen-bond donors (Lipinski definition) is 1. The molecule has 1 fully saturated rings. The topological polar surface area (TPSA) is 66.5 Å². The van der Waals surface area contributed by atoms with E-state index in [9.17, 15) is 13.2 Å². The van der Waals surface area contributed by atoms with E-state index < -0.39 is 10.0 Å². The van der Waals surface area contributed by atoms with E-state index in [0.717, 1.165) is 31.2 Å². The van der Waals surface area contributed by atoms with Crippen LogP contribution in [0, 0.1) is 6.92 Å². The number of sulfonamides is 1. The number of nitrogens with zero attached hydrogens (tertiary/aromatic N) is 1. The van der Waals surface area contributed by atoms with Gasteiger partial charge in [0.1, 0.15) is 0 Å². The number of nitrogens with one attached hydrogen (secondary N) is 1. The number of amides is 1. The Labute approximate surface area is 132 Å². The Morgan fingerprint density at radius 3 is 2.59 bits per heavy atom. The smallest absolute Gasteiger partial charge is 0.240 e. The van der Waals surface area contributed by atoms with Crippen molar-refractivity contribution in [1.82, 2.24) is 9.62 Å². The molecule has 1 aromatic rings. The molecule has 22 heavy (non-hydrogen) atoms. The van der Waals surface area contributed by atoms with Gasteiger partial charge in [-0.05, 0) is 37.5 Å². The number of carbonyl (C=O) groups excluding carboxylic acids is 1. The number of aryl methyl sites for hydroxylation is 1. The predicted octanol–water partition coefficient (Wildman–Crippen LogP) is 2.06. The third kappa shape index (κ3) is 4.30. The molecule has 0 heterocycles. The molecule has 5 nitrogen and oxygen atoms in total. The third-order valence-electron chi connectivity index (χ3n) is 4.11. The Kier molecular flexibility index (Phi) is 5.58. The summed E-state index contributed by atoms with van der Waals surface area (Å²) in [6.07, 6.45) is 4.32. The van der Waals surface area contributed by atoms with Crippen molar-refractivity contribution >= 4 is 15.9 Å². The molecule has 2 rings (SSSR count). The average Bonchev–Trinajstić information content (AvgIpc) is 2.97. The van der Waals surface area contributed by atoms with E-state index in [0.29, 0.717) is 6.54 Å². The third-order valence-corrected chi connectivity index (χ3v) is 5.57. The molecular weight excluding hydrogens is 300 g/mol. The fourth-order valence-corrected chi connectivity index (χ4v) is 4.10. The lowest BCUT2D eigenvalue weighted by Gasteiger charge is -2.27. The van der Waals surface area contributed by atoms with Crippen molar-refractivity contribution in [3.8, 4) is 0 Å². The van der Waals surface area contributed by atoms with Crippen molar-refractivity contribution in [2.24, 2.45) is 0 Å². The summed E-state index contributed by atoms with van der Waals surface area (Å²) in [6, 6.07) is 7.07. The fourth-order valence-electron chi connectivity index (χ4n) is 2.98. The Hall–Kier alpha value is -1.40. The van der Waals surface area contributed by atoms with Crippen LogP contribution in [-0.4, -0.2) is 38.4 Å². The molecule has 0 atom stereocenters. The number of benzene rings is 1. The second kappa shape index (κ2) is 7.24. The van der Waals surface area contributed by atoms with Gasteiger partial charge in [-0.25, -0.2) is 13.1 Å². The predicted molar refractivity (Wildman–Crippen MR) is 86.0 cm³/mol. The van der Waals surface area contributed by atoms with Gasteiger partial charge in [0, 0.05) is 26.1 Å². The summed E-state index contributed by atoms with van der Waals surface area (Å²) >= 11 is 0. The van der Waals surface area contributed by atoms with Crippen LogP contribution in [0.2, 0.25) is 0 Å². The minimum atomic E-state index is -3.52. The van der Waals surface area contributed by atoms with Crippen LogP contribution >= 0.6 is 0 Å². The highest BCUT2D eigenvalue weighted by Crippen LogP contribution is 2.23. The van der Waals surface area contributed by atoms with Crippen LogP contribution in [-0.2, 0) is 14.8 Å². The lowest BCUT2D eigenvalue weighted by Crippen LogP contribution is -2.42. The van der Waals surface area contributed by atoms with Crippen molar-refractivity contribution in [2.75, 3.05) is 13.1 Å². The highest BCUT2D eigenvalue weighted by atomic mass is 32.2. The van der Waals surface area contributed by atoms with E-state index in [2.05, 4.69) is 4.72 Å². The minimum absolute atomic E-state index is 0.0154. The van der Waals surface area contributed by atoms with Gasteiger partial charge in [-0.2, -0.15) is 0 Å². The zero-order valence-electron chi connectivity index (χ0n) is 13.2. The maximum absolute atomic E-state index is 12.2. The summed E-state index contributed by atoms with van der Waals surface area (Å²) < 4.78 is 27.1. The molecule has 1 aromatic carbocycles. The maximum atomic E-state index is 12.2. The Morgan fingerprint density at radius 1 is 1.32 bits per heavy atom.